The highest BCUT2D eigenvalue weighted by Crippen LogP contribution is 2.04. The first-order valence-corrected chi connectivity index (χ1v) is 5.00. The topological polar surface area (TPSA) is 64.5 Å². The van der Waals surface area contributed by atoms with Crippen molar-refractivity contribution in [3.05, 3.63) is 17.8 Å². The van der Waals surface area contributed by atoms with Gasteiger partial charge in [-0.2, -0.15) is 0 Å². The van der Waals surface area contributed by atoms with E-state index in [1.807, 2.05) is 0 Å². The van der Waals surface area contributed by atoms with E-state index in [4.69, 9.17) is 14.6 Å². The molecule has 0 spiro atoms. The summed E-state index contributed by atoms with van der Waals surface area (Å²) in [5.41, 5.74) is 0.532. The van der Waals surface area contributed by atoms with Crippen LogP contribution < -0.4 is 4.74 Å². The Morgan fingerprint density at radius 2 is 2.07 bits per heavy atom. The van der Waals surface area contributed by atoms with E-state index in [1.165, 1.54) is 0 Å². The maximum Gasteiger partial charge on any atom is 0.233 e. The Balaban J connectivity index is 2.20. The quantitative estimate of drug-likeness (QED) is 0.676. The second-order valence-electron chi connectivity index (χ2n) is 2.98. The Kier molecular flexibility index (Phi) is 5.65. The minimum Gasteiger partial charge on any atom is -0.474 e. The van der Waals surface area contributed by atoms with Crippen LogP contribution in [-0.4, -0.2) is 35.1 Å². The summed E-state index contributed by atoms with van der Waals surface area (Å²) in [5.74, 6) is 0.451. The van der Waals surface area contributed by atoms with Gasteiger partial charge < -0.3 is 14.6 Å². The average molecular weight is 212 g/mol. The summed E-state index contributed by atoms with van der Waals surface area (Å²) in [6, 6.07) is 3.35. The van der Waals surface area contributed by atoms with E-state index in [1.54, 1.807) is 12.1 Å². The van der Waals surface area contributed by atoms with Gasteiger partial charge in [0.2, 0.25) is 5.88 Å². The molecule has 0 radical (unpaired) electrons. The Morgan fingerprint density at radius 1 is 1.20 bits per heavy atom. The van der Waals surface area contributed by atoms with Crippen molar-refractivity contribution in [2.24, 2.45) is 0 Å². The third-order valence-electron chi connectivity index (χ3n) is 1.68. The third kappa shape index (κ3) is 4.71. The molecule has 1 N–H and O–H groups in total. The van der Waals surface area contributed by atoms with Crippen LogP contribution in [0.2, 0.25) is 0 Å². The first kappa shape index (κ1) is 11.9. The Morgan fingerprint density at radius 3 is 2.67 bits per heavy atom. The molecule has 1 aromatic rings. The van der Waals surface area contributed by atoms with E-state index in [-0.39, 0.29) is 6.61 Å². The molecule has 0 atom stereocenters. The predicted molar refractivity (Wildman–Crippen MR) is 54.6 cm³/mol. The maximum atomic E-state index is 8.74. The lowest BCUT2D eigenvalue weighted by molar-refractivity contribution is 0.0985. The van der Waals surface area contributed by atoms with Crippen LogP contribution in [0.25, 0.3) is 0 Å². The van der Waals surface area contributed by atoms with E-state index in [9.17, 15) is 0 Å². The van der Waals surface area contributed by atoms with Crippen LogP contribution in [0.4, 0.5) is 0 Å². The molecule has 0 aliphatic carbocycles. The largest absolute Gasteiger partial charge is 0.474 e. The van der Waals surface area contributed by atoms with E-state index in [0.29, 0.717) is 24.8 Å². The smallest absolute Gasteiger partial charge is 0.233 e. The average Bonchev–Trinajstić information content (AvgIpc) is 2.30. The number of aliphatic hydroxyl groups is 1. The van der Waals surface area contributed by atoms with Crippen molar-refractivity contribution in [2.45, 2.75) is 20.0 Å². The molecule has 0 aliphatic rings. The van der Waals surface area contributed by atoms with Crippen molar-refractivity contribution in [1.82, 2.24) is 10.2 Å². The zero-order valence-corrected chi connectivity index (χ0v) is 8.85. The molecule has 0 unspecified atom stereocenters. The second kappa shape index (κ2) is 7.14. The molecular weight excluding hydrogens is 196 g/mol. The number of ether oxygens (including phenoxy) is 2. The van der Waals surface area contributed by atoms with E-state index in [2.05, 4.69) is 17.1 Å². The monoisotopic (exact) mass is 212 g/mol. The zero-order valence-electron chi connectivity index (χ0n) is 8.85. The molecule has 0 saturated heterocycles. The van der Waals surface area contributed by atoms with Gasteiger partial charge in [-0.25, -0.2) is 0 Å². The molecule has 1 aromatic heterocycles. The molecule has 0 aliphatic heterocycles. The van der Waals surface area contributed by atoms with E-state index >= 15 is 0 Å². The summed E-state index contributed by atoms with van der Waals surface area (Å²) in [5, 5.41) is 16.3. The molecule has 5 heteroatoms. The highest BCUT2D eigenvalue weighted by Gasteiger charge is 1.97. The lowest BCUT2D eigenvalue weighted by Gasteiger charge is -2.05. The van der Waals surface area contributed by atoms with Gasteiger partial charge in [0, 0.05) is 12.7 Å². The van der Waals surface area contributed by atoms with Gasteiger partial charge in [0.15, 0.2) is 0 Å². The standard InChI is InChI=1S/C10H16N2O3/c1-2-5-14-6-7-15-10-4-3-9(8-13)11-12-10/h3-4,13H,2,5-8H2,1H3. The Labute approximate surface area is 89.1 Å². The van der Waals surface area contributed by atoms with Crippen molar-refractivity contribution in [2.75, 3.05) is 19.8 Å². The molecular formula is C10H16N2O3. The third-order valence-corrected chi connectivity index (χ3v) is 1.68. The van der Waals surface area contributed by atoms with Crippen LogP contribution >= 0.6 is 0 Å². The van der Waals surface area contributed by atoms with Crippen LogP contribution in [0.1, 0.15) is 19.0 Å². The first-order chi connectivity index (χ1) is 7.36. The van der Waals surface area contributed by atoms with Gasteiger partial charge in [0.25, 0.3) is 0 Å². The second-order valence-corrected chi connectivity index (χ2v) is 2.98. The SMILES string of the molecule is CCCOCCOc1ccc(CO)nn1. The van der Waals surface area contributed by atoms with Crippen molar-refractivity contribution in [1.29, 1.82) is 0 Å². The minimum absolute atomic E-state index is 0.104. The van der Waals surface area contributed by atoms with E-state index < -0.39 is 0 Å². The normalized spacial score (nSPS) is 10.3. The summed E-state index contributed by atoms with van der Waals surface area (Å²) < 4.78 is 10.5. The number of rotatable bonds is 7. The lowest BCUT2D eigenvalue weighted by atomic mass is 10.4. The van der Waals surface area contributed by atoms with Crippen LogP contribution in [-0.2, 0) is 11.3 Å². The highest BCUT2D eigenvalue weighted by atomic mass is 16.5. The Bertz CT molecular complexity index is 264. The number of aliphatic hydroxyl groups excluding tert-OH is 1. The summed E-state index contributed by atoms with van der Waals surface area (Å²) in [6.45, 7) is 3.72. The fraction of sp³-hybridized carbons (Fsp3) is 0.600. The van der Waals surface area contributed by atoms with Crippen molar-refractivity contribution < 1.29 is 14.6 Å². The van der Waals surface area contributed by atoms with Gasteiger partial charge in [-0.15, -0.1) is 10.2 Å². The van der Waals surface area contributed by atoms with Crippen molar-refractivity contribution in [3.63, 3.8) is 0 Å². The molecule has 0 saturated carbocycles. The van der Waals surface area contributed by atoms with Gasteiger partial charge >= 0.3 is 0 Å². The van der Waals surface area contributed by atoms with Gasteiger partial charge in [-0.05, 0) is 12.5 Å². The van der Waals surface area contributed by atoms with Crippen molar-refractivity contribution in [3.8, 4) is 5.88 Å². The summed E-state index contributed by atoms with van der Waals surface area (Å²) >= 11 is 0. The van der Waals surface area contributed by atoms with Crippen LogP contribution in [0.3, 0.4) is 0 Å². The molecule has 5 nitrogen and oxygen atoms in total. The highest BCUT2D eigenvalue weighted by molar-refractivity contribution is 5.10. The molecule has 0 amide bonds. The fourth-order valence-electron chi connectivity index (χ4n) is 0.961. The van der Waals surface area contributed by atoms with E-state index in [0.717, 1.165) is 13.0 Å². The van der Waals surface area contributed by atoms with Crippen LogP contribution in [0.15, 0.2) is 12.1 Å². The summed E-state index contributed by atoms with van der Waals surface area (Å²) in [7, 11) is 0. The van der Waals surface area contributed by atoms with Crippen molar-refractivity contribution >= 4 is 0 Å². The van der Waals surface area contributed by atoms with Gasteiger partial charge in [-0.3, -0.25) is 0 Å². The molecule has 0 fully saturated rings. The molecule has 0 aromatic carbocycles. The summed E-state index contributed by atoms with van der Waals surface area (Å²) in [4.78, 5) is 0. The molecule has 0 bridgehead atoms. The number of hydrogen-bond donors (Lipinski definition) is 1. The minimum atomic E-state index is -0.104. The lowest BCUT2D eigenvalue weighted by Crippen LogP contribution is -2.08. The predicted octanol–water partition coefficient (Wildman–Crippen LogP) is 0.774. The van der Waals surface area contributed by atoms with Crippen LogP contribution in [0, 0.1) is 0 Å². The Hall–Kier alpha value is -1.20. The number of hydrogen-bond acceptors (Lipinski definition) is 5. The summed E-state index contributed by atoms with van der Waals surface area (Å²) in [6.07, 6.45) is 1.00. The van der Waals surface area contributed by atoms with Gasteiger partial charge in [0.05, 0.1) is 18.9 Å². The first-order valence-electron chi connectivity index (χ1n) is 5.00. The van der Waals surface area contributed by atoms with Gasteiger partial charge in [-0.1, -0.05) is 6.92 Å². The zero-order chi connectivity index (χ0) is 10.9. The van der Waals surface area contributed by atoms with Gasteiger partial charge in [0.1, 0.15) is 6.61 Å². The fourth-order valence-corrected chi connectivity index (χ4v) is 0.961. The van der Waals surface area contributed by atoms with Crippen LogP contribution in [0.5, 0.6) is 5.88 Å². The number of aromatic nitrogens is 2. The number of nitrogens with zero attached hydrogens (tertiary/aromatic N) is 2. The molecule has 15 heavy (non-hydrogen) atoms. The molecule has 1 rings (SSSR count). The molecule has 1 heterocycles. The maximum absolute atomic E-state index is 8.74. The molecule has 84 valence electrons.